The minimum absolute atomic E-state index is 1.12. The maximum atomic E-state index is 6.88. The van der Waals surface area contributed by atoms with Crippen molar-refractivity contribution in [1.82, 2.24) is 0 Å². The minimum atomic E-state index is -1.72. The number of benzene rings is 1. The Labute approximate surface area is 113 Å². The second-order valence-electron chi connectivity index (χ2n) is 6.01. The Morgan fingerprint density at radius 1 is 0.941 bits per heavy atom. The summed E-state index contributed by atoms with van der Waals surface area (Å²) in [7, 11) is -2.96. The average molecular weight is 285 g/mol. The van der Waals surface area contributed by atoms with E-state index in [4.69, 9.17) is 11.1 Å². The first kappa shape index (κ1) is 15.0. The summed E-state index contributed by atoms with van der Waals surface area (Å²) in [6, 6.07) is 9.33. The van der Waals surface area contributed by atoms with Crippen molar-refractivity contribution in [3.05, 3.63) is 23.8 Å². The van der Waals surface area contributed by atoms with Crippen molar-refractivity contribution in [2.24, 2.45) is 0 Å². The number of hydrogen-bond donors (Lipinski definition) is 0. The molecule has 0 amide bonds. The maximum Gasteiger partial charge on any atom is 0.186 e. The number of aryl methyl sites for hydroxylation is 1. The average Bonchev–Trinajstić information content (AvgIpc) is 2.26. The van der Waals surface area contributed by atoms with Gasteiger partial charge in [-0.25, -0.2) is 0 Å². The van der Waals surface area contributed by atoms with Crippen molar-refractivity contribution in [3.63, 3.8) is 0 Å². The minimum Gasteiger partial charge on any atom is -0.161 e. The summed E-state index contributed by atoms with van der Waals surface area (Å²) in [4.78, 5) is 0. The Kier molecular flexibility index (Phi) is 4.67. The quantitative estimate of drug-likeness (QED) is 0.580. The van der Waals surface area contributed by atoms with Crippen LogP contribution >= 0.6 is 11.1 Å². The molecule has 0 heterocycles. The maximum absolute atomic E-state index is 6.88. The van der Waals surface area contributed by atoms with E-state index in [-0.39, 0.29) is 0 Å². The second-order valence-corrected chi connectivity index (χ2v) is 17.2. The predicted octanol–water partition coefficient (Wildman–Crippen LogP) is 3.97. The summed E-state index contributed by atoms with van der Waals surface area (Å²) in [5.74, 6) is 0. The van der Waals surface area contributed by atoms with Crippen LogP contribution in [0.3, 0.4) is 0 Å². The molecular weight excluding hydrogens is 260 g/mol. The molecular formula is C14H25ClSi2. The zero-order valence-electron chi connectivity index (χ0n) is 12.0. The van der Waals surface area contributed by atoms with Crippen molar-refractivity contribution in [3.8, 4) is 0 Å². The van der Waals surface area contributed by atoms with E-state index in [2.05, 4.69) is 58.6 Å². The van der Waals surface area contributed by atoms with Crippen LogP contribution in [0.15, 0.2) is 18.2 Å². The molecule has 96 valence electrons. The second kappa shape index (κ2) is 5.29. The van der Waals surface area contributed by atoms with E-state index in [1.165, 1.54) is 10.8 Å². The van der Waals surface area contributed by atoms with Crippen LogP contribution in [0.5, 0.6) is 0 Å². The lowest BCUT2D eigenvalue weighted by atomic mass is 10.2. The molecule has 0 aliphatic carbocycles. The number of rotatable bonds is 4. The van der Waals surface area contributed by atoms with Gasteiger partial charge in [-0.3, -0.25) is 0 Å². The fourth-order valence-corrected chi connectivity index (χ4v) is 6.07. The molecule has 1 rings (SSSR count). The van der Waals surface area contributed by atoms with Crippen molar-refractivity contribution in [1.29, 1.82) is 0 Å². The molecule has 0 aromatic heterocycles. The largest absolute Gasteiger partial charge is 0.186 e. The van der Waals surface area contributed by atoms with Gasteiger partial charge in [-0.15, -0.1) is 0 Å². The molecule has 0 saturated heterocycles. The Hall–Kier alpha value is -0.0562. The summed E-state index contributed by atoms with van der Waals surface area (Å²) >= 11 is 6.88. The monoisotopic (exact) mass is 284 g/mol. The Bertz CT molecular complexity index is 390. The Morgan fingerprint density at radius 3 is 1.82 bits per heavy atom. The first-order valence-corrected chi connectivity index (χ1v) is 13.5. The van der Waals surface area contributed by atoms with Gasteiger partial charge in [0.2, 0.25) is 0 Å². The summed E-state index contributed by atoms with van der Waals surface area (Å²) in [5, 5.41) is 2.99. The lowest BCUT2D eigenvalue weighted by Crippen LogP contribution is -2.46. The molecule has 0 radical (unpaired) electrons. The van der Waals surface area contributed by atoms with Gasteiger partial charge >= 0.3 is 0 Å². The van der Waals surface area contributed by atoms with Crippen LogP contribution in [0, 0.1) is 6.92 Å². The first-order chi connectivity index (χ1) is 7.73. The molecule has 0 N–H and O–H groups in total. The summed E-state index contributed by atoms with van der Waals surface area (Å²) in [6.07, 6.45) is 0. The van der Waals surface area contributed by atoms with E-state index in [0.29, 0.717) is 0 Å². The van der Waals surface area contributed by atoms with E-state index in [1.807, 2.05) is 0 Å². The van der Waals surface area contributed by atoms with Crippen LogP contribution in [-0.2, 0) is 0 Å². The highest BCUT2D eigenvalue weighted by molar-refractivity contribution is 7.27. The smallest absolute Gasteiger partial charge is 0.161 e. The van der Waals surface area contributed by atoms with Crippen molar-refractivity contribution >= 4 is 36.9 Å². The lowest BCUT2D eigenvalue weighted by Gasteiger charge is -2.25. The van der Waals surface area contributed by atoms with Crippen LogP contribution in [0.4, 0.5) is 0 Å². The zero-order valence-corrected chi connectivity index (χ0v) is 14.8. The zero-order chi connectivity index (χ0) is 13.3. The molecule has 1 aromatic rings. The van der Waals surface area contributed by atoms with Gasteiger partial charge in [-0.1, -0.05) is 62.4 Å². The summed E-state index contributed by atoms with van der Waals surface area (Å²) < 4.78 is 0. The van der Waals surface area contributed by atoms with Crippen molar-refractivity contribution in [2.45, 2.75) is 52.5 Å². The molecule has 0 nitrogen and oxygen atoms in total. The SMILES string of the molecule is CC[Si](Cl)(CC)c1cc(C)cc([Si](C)(C)C)c1. The molecule has 1 aromatic carbocycles. The van der Waals surface area contributed by atoms with Crippen LogP contribution in [-0.4, -0.2) is 15.5 Å². The van der Waals surface area contributed by atoms with E-state index in [0.717, 1.165) is 12.1 Å². The van der Waals surface area contributed by atoms with Crippen LogP contribution in [0.25, 0.3) is 0 Å². The Balaban J connectivity index is 3.32. The molecule has 0 saturated carbocycles. The molecule has 0 unspecified atom stereocenters. The third-order valence-electron chi connectivity index (χ3n) is 3.58. The lowest BCUT2D eigenvalue weighted by molar-refractivity contribution is 1.31. The highest BCUT2D eigenvalue weighted by Gasteiger charge is 2.30. The van der Waals surface area contributed by atoms with Gasteiger partial charge in [0.25, 0.3) is 0 Å². The van der Waals surface area contributed by atoms with Gasteiger partial charge in [0.1, 0.15) is 0 Å². The molecule has 0 bridgehead atoms. The molecule has 0 aliphatic rings. The highest BCUT2D eigenvalue weighted by Crippen LogP contribution is 2.20. The van der Waals surface area contributed by atoms with E-state index in [9.17, 15) is 0 Å². The topological polar surface area (TPSA) is 0 Å². The molecule has 17 heavy (non-hydrogen) atoms. The predicted molar refractivity (Wildman–Crippen MR) is 86.4 cm³/mol. The van der Waals surface area contributed by atoms with Crippen molar-refractivity contribution in [2.75, 3.05) is 0 Å². The van der Waals surface area contributed by atoms with Crippen LogP contribution in [0.2, 0.25) is 31.7 Å². The first-order valence-electron chi connectivity index (χ1n) is 6.54. The third kappa shape index (κ3) is 3.46. The van der Waals surface area contributed by atoms with Gasteiger partial charge in [0.05, 0.1) is 8.07 Å². The summed E-state index contributed by atoms with van der Waals surface area (Å²) in [5.41, 5.74) is 1.37. The van der Waals surface area contributed by atoms with Crippen LogP contribution in [0.1, 0.15) is 19.4 Å². The van der Waals surface area contributed by atoms with E-state index >= 15 is 0 Å². The fraction of sp³-hybridized carbons (Fsp3) is 0.571. The van der Waals surface area contributed by atoms with Gasteiger partial charge in [0.15, 0.2) is 7.38 Å². The van der Waals surface area contributed by atoms with Gasteiger partial charge in [-0.05, 0) is 24.2 Å². The number of halogens is 1. The van der Waals surface area contributed by atoms with E-state index < -0.39 is 15.5 Å². The van der Waals surface area contributed by atoms with Gasteiger partial charge < -0.3 is 0 Å². The molecule has 0 atom stereocenters. The van der Waals surface area contributed by atoms with Crippen LogP contribution < -0.4 is 10.4 Å². The standard InChI is InChI=1S/C14H25ClSi2/c1-7-17(15,8-2)14-10-12(3)9-13(11-14)16(4,5)6/h9-11H,7-8H2,1-6H3. The normalized spacial score (nSPS) is 12.9. The fourth-order valence-electron chi connectivity index (χ4n) is 2.13. The molecule has 0 spiro atoms. The molecule has 0 aliphatic heterocycles. The molecule has 0 fully saturated rings. The summed E-state index contributed by atoms with van der Waals surface area (Å²) in [6.45, 7) is 13.9. The van der Waals surface area contributed by atoms with E-state index in [1.54, 1.807) is 5.19 Å². The third-order valence-corrected chi connectivity index (χ3v) is 11.4. The molecule has 3 heteroatoms. The van der Waals surface area contributed by atoms with Gasteiger partial charge in [-0.2, -0.15) is 11.1 Å². The highest BCUT2D eigenvalue weighted by atomic mass is 35.6. The van der Waals surface area contributed by atoms with Crippen molar-refractivity contribution < 1.29 is 0 Å². The van der Waals surface area contributed by atoms with Gasteiger partial charge in [0, 0.05) is 0 Å². The Morgan fingerprint density at radius 2 is 1.41 bits per heavy atom. The number of hydrogen-bond acceptors (Lipinski definition) is 0.